The number of fused-ring (bicyclic) bond motifs is 1. The first kappa shape index (κ1) is 17.2. The number of pyridine rings is 1. The fraction of sp³-hybridized carbons (Fsp3) is 0.167. The lowest BCUT2D eigenvalue weighted by molar-refractivity contribution is 0.0947. The number of rotatable bonds is 5. The summed E-state index contributed by atoms with van der Waals surface area (Å²) < 4.78 is 7.04. The van der Waals surface area contributed by atoms with Gasteiger partial charge in [0.2, 0.25) is 0 Å². The average Bonchev–Trinajstić information content (AvgIpc) is 3.32. The molecule has 4 aromatic rings. The molecule has 4 rings (SSSR count). The third-order valence-corrected chi connectivity index (χ3v) is 4.82. The molecule has 8 nitrogen and oxygen atoms in total. The molecule has 9 heteroatoms. The van der Waals surface area contributed by atoms with Gasteiger partial charge in [0, 0.05) is 11.1 Å². The van der Waals surface area contributed by atoms with Crippen LogP contribution in [0, 0.1) is 6.92 Å². The molecule has 0 fully saturated rings. The number of aryl methyl sites for hydroxylation is 1. The Labute approximate surface area is 159 Å². The highest BCUT2D eigenvalue weighted by atomic mass is 32.2. The van der Waals surface area contributed by atoms with Crippen molar-refractivity contribution in [2.24, 2.45) is 0 Å². The van der Waals surface area contributed by atoms with E-state index in [-0.39, 0.29) is 12.5 Å². The molecule has 1 N–H and O–H groups in total. The molecule has 0 unspecified atom stereocenters. The van der Waals surface area contributed by atoms with Crippen LogP contribution in [0.15, 0.2) is 52.0 Å². The minimum absolute atomic E-state index is 0.152. The first-order valence-electron chi connectivity index (χ1n) is 8.22. The van der Waals surface area contributed by atoms with Gasteiger partial charge in [-0.15, -0.1) is 22.0 Å². The Kier molecular flexibility index (Phi) is 4.59. The smallest absolute Gasteiger partial charge is 0.261 e. The predicted octanol–water partition coefficient (Wildman–Crippen LogP) is 2.74. The second kappa shape index (κ2) is 7.20. The van der Waals surface area contributed by atoms with E-state index in [0.29, 0.717) is 34.3 Å². The first-order valence-corrected chi connectivity index (χ1v) is 9.44. The van der Waals surface area contributed by atoms with Crippen molar-refractivity contribution in [3.05, 3.63) is 59.8 Å². The highest BCUT2D eigenvalue weighted by Gasteiger charge is 2.16. The maximum absolute atomic E-state index is 12.5. The van der Waals surface area contributed by atoms with Gasteiger partial charge >= 0.3 is 0 Å². The lowest BCUT2D eigenvalue weighted by Crippen LogP contribution is -2.24. The van der Waals surface area contributed by atoms with Crippen LogP contribution in [0.2, 0.25) is 0 Å². The molecule has 0 bridgehead atoms. The summed E-state index contributed by atoms with van der Waals surface area (Å²) in [5.74, 6) is 1.39. The Bertz CT molecular complexity index is 1120. The zero-order valence-corrected chi connectivity index (χ0v) is 15.5. The monoisotopic (exact) mass is 380 g/mol. The fourth-order valence-electron chi connectivity index (χ4n) is 2.74. The number of hydrogen-bond acceptors (Lipinski definition) is 7. The summed E-state index contributed by atoms with van der Waals surface area (Å²) in [5, 5.41) is 15.1. The highest BCUT2D eigenvalue weighted by molar-refractivity contribution is 7.98. The summed E-state index contributed by atoms with van der Waals surface area (Å²) >= 11 is 1.53. The Morgan fingerprint density at radius 1 is 1.22 bits per heavy atom. The number of hydrogen-bond donors (Lipinski definition) is 1. The van der Waals surface area contributed by atoms with Crippen molar-refractivity contribution >= 4 is 23.3 Å². The molecule has 0 saturated carbocycles. The number of amides is 1. The first-order chi connectivity index (χ1) is 13.2. The molecule has 0 aliphatic carbocycles. The SMILES string of the molecule is CSc1ccccc1C(=O)NCc1nnc2c(-c3nc(C)no3)cccn12. The van der Waals surface area contributed by atoms with E-state index in [4.69, 9.17) is 4.52 Å². The number of carbonyl (C=O) groups excluding carboxylic acids is 1. The molecule has 136 valence electrons. The number of benzene rings is 1. The second-order valence-electron chi connectivity index (χ2n) is 5.76. The van der Waals surface area contributed by atoms with Crippen LogP contribution in [-0.2, 0) is 6.54 Å². The van der Waals surface area contributed by atoms with E-state index in [9.17, 15) is 4.79 Å². The molecule has 0 aliphatic heterocycles. The summed E-state index contributed by atoms with van der Waals surface area (Å²) in [7, 11) is 0. The van der Waals surface area contributed by atoms with E-state index in [0.717, 1.165) is 4.90 Å². The number of nitrogens with one attached hydrogen (secondary N) is 1. The highest BCUT2D eigenvalue weighted by Crippen LogP contribution is 2.22. The van der Waals surface area contributed by atoms with Gasteiger partial charge in [-0.1, -0.05) is 17.3 Å². The fourth-order valence-corrected chi connectivity index (χ4v) is 3.34. The third kappa shape index (κ3) is 3.28. The van der Waals surface area contributed by atoms with Crippen molar-refractivity contribution in [1.29, 1.82) is 0 Å². The largest absolute Gasteiger partial charge is 0.345 e. The van der Waals surface area contributed by atoms with Gasteiger partial charge in [-0.2, -0.15) is 4.98 Å². The topological polar surface area (TPSA) is 98.2 Å². The van der Waals surface area contributed by atoms with E-state index in [1.54, 1.807) is 17.4 Å². The Hall–Kier alpha value is -3.20. The van der Waals surface area contributed by atoms with Crippen molar-refractivity contribution in [1.82, 2.24) is 30.1 Å². The second-order valence-corrected chi connectivity index (χ2v) is 6.61. The van der Waals surface area contributed by atoms with Gasteiger partial charge in [0.15, 0.2) is 17.3 Å². The van der Waals surface area contributed by atoms with E-state index in [1.807, 2.05) is 42.8 Å². The Balaban J connectivity index is 1.59. The summed E-state index contributed by atoms with van der Waals surface area (Å²) in [6.45, 7) is 2.00. The number of aromatic nitrogens is 5. The van der Waals surface area contributed by atoms with Crippen LogP contribution in [0.5, 0.6) is 0 Å². The maximum Gasteiger partial charge on any atom is 0.261 e. The lowest BCUT2D eigenvalue weighted by atomic mass is 10.2. The van der Waals surface area contributed by atoms with Gasteiger partial charge in [-0.3, -0.25) is 9.20 Å². The molecule has 1 amide bonds. The van der Waals surface area contributed by atoms with Crippen LogP contribution in [0.4, 0.5) is 0 Å². The van der Waals surface area contributed by atoms with Gasteiger partial charge in [-0.25, -0.2) is 0 Å². The number of nitrogens with zero attached hydrogens (tertiary/aromatic N) is 5. The van der Waals surface area contributed by atoms with Crippen LogP contribution in [-0.4, -0.2) is 36.9 Å². The minimum atomic E-state index is -0.152. The molecule has 3 heterocycles. The molecular weight excluding hydrogens is 364 g/mol. The van der Waals surface area contributed by atoms with Crippen LogP contribution >= 0.6 is 11.8 Å². The van der Waals surface area contributed by atoms with E-state index in [1.165, 1.54) is 11.8 Å². The van der Waals surface area contributed by atoms with Gasteiger partial charge in [0.1, 0.15) is 0 Å². The van der Waals surface area contributed by atoms with Crippen LogP contribution < -0.4 is 5.32 Å². The zero-order chi connectivity index (χ0) is 18.8. The third-order valence-electron chi connectivity index (χ3n) is 4.02. The van der Waals surface area contributed by atoms with Gasteiger partial charge in [0.05, 0.1) is 17.7 Å². The molecule has 3 aromatic heterocycles. The van der Waals surface area contributed by atoms with E-state index >= 15 is 0 Å². The number of thioether (sulfide) groups is 1. The Morgan fingerprint density at radius 3 is 2.85 bits per heavy atom. The molecule has 0 saturated heterocycles. The van der Waals surface area contributed by atoms with Crippen molar-refractivity contribution < 1.29 is 9.32 Å². The normalized spacial score (nSPS) is 11.0. The lowest BCUT2D eigenvalue weighted by Gasteiger charge is -2.08. The molecule has 27 heavy (non-hydrogen) atoms. The molecule has 0 atom stereocenters. The standard InChI is InChI=1S/C18H16N6O2S/c1-11-20-18(26-23-11)13-7-5-9-24-15(21-22-16(13)24)10-19-17(25)12-6-3-4-8-14(12)27-2/h3-9H,10H2,1-2H3,(H,19,25). The van der Waals surface area contributed by atoms with Crippen LogP contribution in [0.25, 0.3) is 17.1 Å². The molecule has 0 spiro atoms. The van der Waals surface area contributed by atoms with Crippen molar-refractivity contribution in [2.75, 3.05) is 6.26 Å². The van der Waals surface area contributed by atoms with Gasteiger partial charge < -0.3 is 9.84 Å². The van der Waals surface area contributed by atoms with Gasteiger partial charge in [-0.05, 0) is 37.4 Å². The van der Waals surface area contributed by atoms with Crippen molar-refractivity contribution in [2.45, 2.75) is 18.4 Å². The van der Waals surface area contributed by atoms with Crippen molar-refractivity contribution in [3.63, 3.8) is 0 Å². The molecule has 0 aliphatic rings. The quantitative estimate of drug-likeness (QED) is 0.532. The minimum Gasteiger partial charge on any atom is -0.345 e. The van der Waals surface area contributed by atoms with E-state index < -0.39 is 0 Å². The molecular formula is C18H16N6O2S. The Morgan fingerprint density at radius 2 is 2.07 bits per heavy atom. The summed E-state index contributed by atoms with van der Waals surface area (Å²) in [4.78, 5) is 17.7. The van der Waals surface area contributed by atoms with Gasteiger partial charge in [0.25, 0.3) is 11.8 Å². The summed E-state index contributed by atoms with van der Waals surface area (Å²) in [5.41, 5.74) is 1.92. The molecule has 1 aromatic carbocycles. The predicted molar refractivity (Wildman–Crippen MR) is 100 cm³/mol. The molecule has 0 radical (unpaired) electrons. The maximum atomic E-state index is 12.5. The van der Waals surface area contributed by atoms with Crippen molar-refractivity contribution in [3.8, 4) is 11.5 Å². The summed E-state index contributed by atoms with van der Waals surface area (Å²) in [6, 6.07) is 11.2. The van der Waals surface area contributed by atoms with Crippen LogP contribution in [0.1, 0.15) is 22.0 Å². The average molecular weight is 380 g/mol. The number of carbonyl (C=O) groups is 1. The van der Waals surface area contributed by atoms with E-state index in [2.05, 4.69) is 25.7 Å². The zero-order valence-electron chi connectivity index (χ0n) is 14.7. The summed E-state index contributed by atoms with van der Waals surface area (Å²) in [6.07, 6.45) is 3.78. The van der Waals surface area contributed by atoms with Crippen LogP contribution in [0.3, 0.4) is 0 Å².